The molecule has 0 spiro atoms. The van der Waals surface area contributed by atoms with Crippen molar-refractivity contribution in [3.05, 3.63) is 34.9 Å². The highest BCUT2D eigenvalue weighted by Crippen LogP contribution is 2.31. The normalized spacial score (nSPS) is 20.8. The summed E-state index contributed by atoms with van der Waals surface area (Å²) in [6.45, 7) is 7.75. The van der Waals surface area contributed by atoms with Crippen molar-refractivity contribution in [2.24, 2.45) is 5.92 Å². The monoisotopic (exact) mass is 175 g/mol. The minimum absolute atomic E-state index is 0.565. The van der Waals surface area contributed by atoms with Gasteiger partial charge in [0.1, 0.15) is 0 Å². The summed E-state index contributed by atoms with van der Waals surface area (Å²) in [4.78, 5) is 0. The molecule has 1 aromatic rings. The van der Waals surface area contributed by atoms with E-state index < -0.39 is 0 Å². The van der Waals surface area contributed by atoms with Crippen LogP contribution in [0.2, 0.25) is 0 Å². The zero-order valence-corrected chi connectivity index (χ0v) is 8.59. The number of hydrogen-bond donors (Lipinski definition) is 1. The van der Waals surface area contributed by atoms with Gasteiger partial charge >= 0.3 is 0 Å². The van der Waals surface area contributed by atoms with Crippen LogP contribution in [-0.2, 0) is 6.54 Å². The van der Waals surface area contributed by atoms with Crippen molar-refractivity contribution in [2.75, 3.05) is 0 Å². The Hall–Kier alpha value is -0.820. The highest BCUT2D eigenvalue weighted by Gasteiger charge is 2.23. The van der Waals surface area contributed by atoms with Crippen molar-refractivity contribution < 1.29 is 0 Å². The molecule has 2 rings (SSSR count). The molecule has 0 aromatic heterocycles. The Labute approximate surface area is 80.2 Å². The van der Waals surface area contributed by atoms with Gasteiger partial charge in [0.25, 0.3) is 0 Å². The van der Waals surface area contributed by atoms with Gasteiger partial charge in [0.15, 0.2) is 0 Å². The standard InChI is InChI=1S/C12H17N/c1-8(2)12-11-6-9(3)4-5-10(11)7-13-12/h4-6,8,12-13H,7H2,1-3H3. The van der Waals surface area contributed by atoms with E-state index >= 15 is 0 Å². The summed E-state index contributed by atoms with van der Waals surface area (Å²) in [5, 5.41) is 3.55. The van der Waals surface area contributed by atoms with E-state index in [-0.39, 0.29) is 0 Å². The first-order chi connectivity index (χ1) is 6.18. The molecule has 0 amide bonds. The van der Waals surface area contributed by atoms with Crippen LogP contribution in [0.5, 0.6) is 0 Å². The summed E-state index contributed by atoms with van der Waals surface area (Å²) in [6.07, 6.45) is 0. The van der Waals surface area contributed by atoms with Crippen LogP contribution in [0.15, 0.2) is 18.2 Å². The molecule has 1 N–H and O–H groups in total. The molecule has 1 nitrogen and oxygen atoms in total. The molecular formula is C12H17N. The third-order valence-electron chi connectivity index (χ3n) is 2.82. The zero-order chi connectivity index (χ0) is 9.42. The maximum atomic E-state index is 3.55. The molecule has 1 unspecified atom stereocenters. The first kappa shape index (κ1) is 8.76. The van der Waals surface area contributed by atoms with Crippen molar-refractivity contribution >= 4 is 0 Å². The van der Waals surface area contributed by atoms with Crippen molar-refractivity contribution in [1.29, 1.82) is 0 Å². The Morgan fingerprint density at radius 1 is 1.38 bits per heavy atom. The second-order valence-corrected chi connectivity index (χ2v) is 4.30. The number of hydrogen-bond acceptors (Lipinski definition) is 1. The van der Waals surface area contributed by atoms with E-state index in [9.17, 15) is 0 Å². The molecule has 0 radical (unpaired) electrons. The average Bonchev–Trinajstić information content (AvgIpc) is 2.46. The lowest BCUT2D eigenvalue weighted by Crippen LogP contribution is -2.17. The van der Waals surface area contributed by atoms with Gasteiger partial charge in [-0.05, 0) is 24.0 Å². The third-order valence-corrected chi connectivity index (χ3v) is 2.82. The number of aryl methyl sites for hydroxylation is 1. The molecule has 0 aliphatic carbocycles. The summed E-state index contributed by atoms with van der Waals surface area (Å²) in [5.41, 5.74) is 4.35. The van der Waals surface area contributed by atoms with Crippen LogP contribution in [0, 0.1) is 12.8 Å². The van der Waals surface area contributed by atoms with Crippen LogP contribution in [-0.4, -0.2) is 0 Å². The number of nitrogens with one attached hydrogen (secondary N) is 1. The second kappa shape index (κ2) is 3.15. The van der Waals surface area contributed by atoms with Crippen LogP contribution >= 0.6 is 0 Å². The number of fused-ring (bicyclic) bond motifs is 1. The lowest BCUT2D eigenvalue weighted by Gasteiger charge is -2.16. The molecule has 0 saturated carbocycles. The molecule has 13 heavy (non-hydrogen) atoms. The maximum absolute atomic E-state index is 3.55. The highest BCUT2D eigenvalue weighted by molar-refractivity contribution is 5.37. The zero-order valence-electron chi connectivity index (χ0n) is 8.59. The van der Waals surface area contributed by atoms with Gasteiger partial charge in [-0.25, -0.2) is 0 Å². The topological polar surface area (TPSA) is 12.0 Å². The maximum Gasteiger partial charge on any atom is 0.0349 e. The largest absolute Gasteiger partial charge is 0.306 e. The Bertz CT molecular complexity index is 315. The first-order valence-electron chi connectivity index (χ1n) is 5.01. The number of rotatable bonds is 1. The van der Waals surface area contributed by atoms with Crippen LogP contribution < -0.4 is 5.32 Å². The Morgan fingerprint density at radius 3 is 2.85 bits per heavy atom. The lowest BCUT2D eigenvalue weighted by atomic mass is 9.95. The van der Waals surface area contributed by atoms with Gasteiger partial charge in [-0.2, -0.15) is 0 Å². The van der Waals surface area contributed by atoms with Crippen molar-refractivity contribution in [3.8, 4) is 0 Å². The Kier molecular flexibility index (Phi) is 2.12. The van der Waals surface area contributed by atoms with E-state index in [2.05, 4.69) is 44.3 Å². The molecule has 1 aliphatic heterocycles. The van der Waals surface area contributed by atoms with Crippen LogP contribution in [0.3, 0.4) is 0 Å². The summed E-state index contributed by atoms with van der Waals surface area (Å²) >= 11 is 0. The van der Waals surface area contributed by atoms with E-state index in [1.165, 1.54) is 16.7 Å². The fourth-order valence-electron chi connectivity index (χ4n) is 2.09. The predicted molar refractivity (Wildman–Crippen MR) is 55.6 cm³/mol. The molecule has 70 valence electrons. The average molecular weight is 175 g/mol. The quantitative estimate of drug-likeness (QED) is 0.692. The molecule has 0 fully saturated rings. The number of benzene rings is 1. The first-order valence-corrected chi connectivity index (χ1v) is 5.01. The van der Waals surface area contributed by atoms with Crippen LogP contribution in [0.25, 0.3) is 0 Å². The van der Waals surface area contributed by atoms with Crippen LogP contribution in [0.4, 0.5) is 0 Å². The second-order valence-electron chi connectivity index (χ2n) is 4.30. The summed E-state index contributed by atoms with van der Waals surface area (Å²) in [6, 6.07) is 7.33. The molecule has 0 saturated heterocycles. The Morgan fingerprint density at radius 2 is 2.15 bits per heavy atom. The minimum atomic E-state index is 0.565. The van der Waals surface area contributed by atoms with E-state index in [0.29, 0.717) is 12.0 Å². The fraction of sp³-hybridized carbons (Fsp3) is 0.500. The highest BCUT2D eigenvalue weighted by atomic mass is 14.9. The third kappa shape index (κ3) is 1.49. The van der Waals surface area contributed by atoms with Gasteiger partial charge in [-0.1, -0.05) is 37.6 Å². The van der Waals surface area contributed by atoms with Gasteiger partial charge in [0.05, 0.1) is 0 Å². The molecule has 1 heteroatoms. The molecule has 0 bridgehead atoms. The predicted octanol–water partition coefficient (Wildman–Crippen LogP) is 2.80. The fourth-order valence-corrected chi connectivity index (χ4v) is 2.09. The van der Waals surface area contributed by atoms with Crippen molar-refractivity contribution in [1.82, 2.24) is 5.32 Å². The van der Waals surface area contributed by atoms with Gasteiger partial charge in [-0.3, -0.25) is 0 Å². The summed E-state index contributed by atoms with van der Waals surface area (Å²) in [5.74, 6) is 0.683. The van der Waals surface area contributed by atoms with E-state index in [1.807, 2.05) is 0 Å². The van der Waals surface area contributed by atoms with Crippen molar-refractivity contribution in [2.45, 2.75) is 33.4 Å². The van der Waals surface area contributed by atoms with E-state index in [1.54, 1.807) is 0 Å². The minimum Gasteiger partial charge on any atom is -0.306 e. The van der Waals surface area contributed by atoms with Gasteiger partial charge in [-0.15, -0.1) is 0 Å². The molecular weight excluding hydrogens is 158 g/mol. The van der Waals surface area contributed by atoms with E-state index in [4.69, 9.17) is 0 Å². The smallest absolute Gasteiger partial charge is 0.0349 e. The lowest BCUT2D eigenvalue weighted by molar-refractivity contribution is 0.441. The summed E-state index contributed by atoms with van der Waals surface area (Å²) < 4.78 is 0. The summed E-state index contributed by atoms with van der Waals surface area (Å²) in [7, 11) is 0. The van der Waals surface area contributed by atoms with Gasteiger partial charge < -0.3 is 5.32 Å². The molecule has 1 heterocycles. The molecule has 1 atom stereocenters. The molecule has 1 aromatic carbocycles. The van der Waals surface area contributed by atoms with E-state index in [0.717, 1.165) is 6.54 Å². The SMILES string of the molecule is Cc1ccc2c(c1)C(C(C)C)NC2. The van der Waals surface area contributed by atoms with Crippen molar-refractivity contribution in [3.63, 3.8) is 0 Å². The molecule has 1 aliphatic rings. The van der Waals surface area contributed by atoms with Crippen LogP contribution in [0.1, 0.15) is 36.6 Å². The van der Waals surface area contributed by atoms with Gasteiger partial charge in [0, 0.05) is 12.6 Å². The van der Waals surface area contributed by atoms with Gasteiger partial charge in [0.2, 0.25) is 0 Å². The Balaban J connectivity index is 2.40.